The molecule has 2 heteroatoms. The Morgan fingerprint density at radius 3 is 2.21 bits per heavy atom. The van der Waals surface area contributed by atoms with Crippen LogP contribution in [0.1, 0.15) is 47.5 Å². The van der Waals surface area contributed by atoms with Crippen LogP contribution < -0.4 is 5.73 Å². The van der Waals surface area contributed by atoms with Crippen molar-refractivity contribution in [1.82, 2.24) is 4.90 Å². The van der Waals surface area contributed by atoms with Crippen molar-refractivity contribution in [1.29, 1.82) is 0 Å². The van der Waals surface area contributed by atoms with E-state index in [0.717, 1.165) is 13.1 Å². The van der Waals surface area contributed by atoms with Gasteiger partial charge in [0.05, 0.1) is 0 Å². The summed E-state index contributed by atoms with van der Waals surface area (Å²) < 4.78 is 0. The van der Waals surface area contributed by atoms with Crippen LogP contribution in [0.3, 0.4) is 0 Å². The third-order valence-corrected chi connectivity index (χ3v) is 2.91. The maximum Gasteiger partial charge on any atom is 0.00645 e. The topological polar surface area (TPSA) is 29.3 Å². The highest BCUT2D eigenvalue weighted by molar-refractivity contribution is 4.77. The zero-order valence-electron chi connectivity index (χ0n) is 10.6. The summed E-state index contributed by atoms with van der Waals surface area (Å²) in [5.41, 5.74) is 6.01. The molecule has 0 aromatic rings. The van der Waals surface area contributed by atoms with E-state index in [2.05, 4.69) is 39.5 Å². The third-order valence-electron chi connectivity index (χ3n) is 2.91. The molecule has 0 aromatic heterocycles. The molecule has 0 aliphatic heterocycles. The molecule has 0 aliphatic rings. The van der Waals surface area contributed by atoms with Crippen LogP contribution in [0.5, 0.6) is 0 Å². The highest BCUT2D eigenvalue weighted by Crippen LogP contribution is 2.17. The van der Waals surface area contributed by atoms with Crippen molar-refractivity contribution < 1.29 is 0 Å². The van der Waals surface area contributed by atoms with Gasteiger partial charge in [-0.05, 0) is 38.3 Å². The average molecular weight is 200 g/mol. The number of hydrogen-bond acceptors (Lipinski definition) is 2. The van der Waals surface area contributed by atoms with Crippen LogP contribution in [-0.4, -0.2) is 30.6 Å². The van der Waals surface area contributed by atoms with E-state index in [-0.39, 0.29) is 5.41 Å². The lowest BCUT2D eigenvalue weighted by atomic mass is 9.92. The van der Waals surface area contributed by atoms with Gasteiger partial charge in [-0.2, -0.15) is 0 Å². The minimum absolute atomic E-state index is 0.249. The van der Waals surface area contributed by atoms with Crippen LogP contribution in [0.15, 0.2) is 0 Å². The fourth-order valence-electron chi connectivity index (χ4n) is 1.62. The van der Waals surface area contributed by atoms with Crippen molar-refractivity contribution in [3.8, 4) is 0 Å². The summed E-state index contributed by atoms with van der Waals surface area (Å²) in [7, 11) is 0. The smallest absolute Gasteiger partial charge is 0.00645 e. The Morgan fingerprint density at radius 2 is 1.86 bits per heavy atom. The van der Waals surface area contributed by atoms with E-state index in [4.69, 9.17) is 5.73 Å². The summed E-state index contributed by atoms with van der Waals surface area (Å²) >= 11 is 0. The van der Waals surface area contributed by atoms with Gasteiger partial charge in [-0.1, -0.05) is 27.7 Å². The normalized spacial score (nSPS) is 14.8. The monoisotopic (exact) mass is 200 g/mol. The van der Waals surface area contributed by atoms with Crippen molar-refractivity contribution in [3.63, 3.8) is 0 Å². The van der Waals surface area contributed by atoms with Gasteiger partial charge in [0.2, 0.25) is 0 Å². The van der Waals surface area contributed by atoms with Crippen LogP contribution >= 0.6 is 0 Å². The average Bonchev–Trinajstić information content (AvgIpc) is 2.16. The van der Waals surface area contributed by atoms with Gasteiger partial charge >= 0.3 is 0 Å². The van der Waals surface area contributed by atoms with E-state index >= 15 is 0 Å². The highest BCUT2D eigenvalue weighted by Gasteiger charge is 2.22. The molecule has 0 saturated heterocycles. The van der Waals surface area contributed by atoms with Gasteiger partial charge in [-0.3, -0.25) is 0 Å². The third kappa shape index (κ3) is 4.97. The van der Waals surface area contributed by atoms with Crippen LogP contribution in [0.4, 0.5) is 0 Å². The molecule has 0 rings (SSSR count). The van der Waals surface area contributed by atoms with E-state index in [1.165, 1.54) is 19.4 Å². The molecule has 2 nitrogen and oxygen atoms in total. The van der Waals surface area contributed by atoms with Crippen molar-refractivity contribution in [2.24, 2.45) is 11.1 Å². The summed E-state index contributed by atoms with van der Waals surface area (Å²) in [4.78, 5) is 2.56. The Labute approximate surface area is 89.9 Å². The Hall–Kier alpha value is -0.0800. The summed E-state index contributed by atoms with van der Waals surface area (Å²) in [6, 6.07) is 0.681. The van der Waals surface area contributed by atoms with Gasteiger partial charge in [0, 0.05) is 12.6 Å². The maximum absolute atomic E-state index is 5.77. The van der Waals surface area contributed by atoms with Crippen LogP contribution in [-0.2, 0) is 0 Å². The zero-order chi connectivity index (χ0) is 11.2. The molecule has 2 N–H and O–H groups in total. The number of nitrogens with two attached hydrogens (primary N) is 1. The Morgan fingerprint density at radius 1 is 1.29 bits per heavy atom. The fourth-order valence-corrected chi connectivity index (χ4v) is 1.62. The lowest BCUT2D eigenvalue weighted by molar-refractivity contribution is 0.137. The predicted octanol–water partition coefficient (Wildman–Crippen LogP) is 2.48. The van der Waals surface area contributed by atoms with E-state index in [9.17, 15) is 0 Å². The molecule has 86 valence electrons. The first-order chi connectivity index (χ1) is 6.46. The van der Waals surface area contributed by atoms with Crippen LogP contribution in [0, 0.1) is 5.41 Å². The van der Waals surface area contributed by atoms with Gasteiger partial charge in [0.15, 0.2) is 0 Å². The Balaban J connectivity index is 4.21. The number of rotatable bonds is 7. The minimum Gasteiger partial charge on any atom is -0.330 e. The molecule has 0 spiro atoms. The largest absolute Gasteiger partial charge is 0.330 e. The van der Waals surface area contributed by atoms with Gasteiger partial charge in [-0.15, -0.1) is 0 Å². The Kier molecular flexibility index (Phi) is 6.38. The molecule has 0 heterocycles. The molecule has 0 amide bonds. The molecular formula is C12H28N2. The van der Waals surface area contributed by atoms with E-state index in [0.29, 0.717) is 6.04 Å². The molecule has 0 radical (unpaired) electrons. The molecular weight excluding hydrogens is 172 g/mol. The van der Waals surface area contributed by atoms with E-state index in [1.54, 1.807) is 0 Å². The zero-order valence-corrected chi connectivity index (χ0v) is 10.6. The first kappa shape index (κ1) is 13.9. The first-order valence-corrected chi connectivity index (χ1v) is 5.91. The van der Waals surface area contributed by atoms with Crippen molar-refractivity contribution >= 4 is 0 Å². The van der Waals surface area contributed by atoms with Gasteiger partial charge in [0.1, 0.15) is 0 Å². The van der Waals surface area contributed by atoms with Gasteiger partial charge < -0.3 is 10.6 Å². The first-order valence-electron chi connectivity index (χ1n) is 5.91. The second-order valence-electron chi connectivity index (χ2n) is 5.10. The summed E-state index contributed by atoms with van der Waals surface area (Å²) in [6.07, 6.45) is 2.45. The van der Waals surface area contributed by atoms with Crippen LogP contribution in [0.2, 0.25) is 0 Å². The van der Waals surface area contributed by atoms with Crippen molar-refractivity contribution in [2.75, 3.05) is 19.6 Å². The van der Waals surface area contributed by atoms with E-state index in [1.807, 2.05) is 0 Å². The van der Waals surface area contributed by atoms with Crippen LogP contribution in [0.25, 0.3) is 0 Å². The molecule has 0 saturated carbocycles. The maximum atomic E-state index is 5.77. The molecule has 0 aliphatic carbocycles. The number of hydrogen-bond donors (Lipinski definition) is 1. The standard InChI is InChI=1S/C12H28N2/c1-6-8-14(11(3)7-2)10-12(4,5)9-13/h11H,6-10,13H2,1-5H3. The number of nitrogens with zero attached hydrogens (tertiary/aromatic N) is 1. The second-order valence-corrected chi connectivity index (χ2v) is 5.10. The second kappa shape index (κ2) is 6.41. The van der Waals surface area contributed by atoms with Crippen molar-refractivity contribution in [3.05, 3.63) is 0 Å². The quantitative estimate of drug-likeness (QED) is 0.684. The summed E-state index contributed by atoms with van der Waals surface area (Å²) in [5.74, 6) is 0. The lowest BCUT2D eigenvalue weighted by Gasteiger charge is -2.35. The lowest BCUT2D eigenvalue weighted by Crippen LogP contribution is -2.43. The molecule has 0 fully saturated rings. The van der Waals surface area contributed by atoms with E-state index < -0.39 is 0 Å². The summed E-state index contributed by atoms with van der Waals surface area (Å²) in [5, 5.41) is 0. The van der Waals surface area contributed by atoms with Gasteiger partial charge in [0.25, 0.3) is 0 Å². The minimum atomic E-state index is 0.249. The van der Waals surface area contributed by atoms with Crippen molar-refractivity contribution in [2.45, 2.75) is 53.5 Å². The summed E-state index contributed by atoms with van der Waals surface area (Å²) in [6.45, 7) is 14.4. The predicted molar refractivity (Wildman–Crippen MR) is 64.5 cm³/mol. The molecule has 0 aromatic carbocycles. The molecule has 1 unspecified atom stereocenters. The molecule has 1 atom stereocenters. The Bertz CT molecular complexity index is 143. The molecule has 14 heavy (non-hydrogen) atoms. The van der Waals surface area contributed by atoms with Gasteiger partial charge in [-0.25, -0.2) is 0 Å². The highest BCUT2D eigenvalue weighted by atomic mass is 15.2. The SMILES string of the molecule is CCCN(CC(C)(C)CN)C(C)CC. The fraction of sp³-hybridized carbons (Fsp3) is 1.00. The molecule has 0 bridgehead atoms.